The molecular formula is C18H21Cl2N9O5S2. The molecule has 0 spiro atoms. The maximum Gasteiger partial charge on any atom is 0.313 e. The summed E-state index contributed by atoms with van der Waals surface area (Å²) in [5.41, 5.74) is 4.21. The number of hydrogen-bond donors (Lipinski definition) is 4. The minimum atomic E-state index is -1.25. The molecule has 2 saturated heterocycles. The number of hydrogen-bond acceptors (Lipinski definition) is 12. The number of nitrogens with zero attached hydrogens (tertiary/aromatic N) is 6. The number of nitrogens with two attached hydrogens (primary N) is 1. The van der Waals surface area contributed by atoms with Gasteiger partial charge in [0.15, 0.2) is 5.71 Å². The van der Waals surface area contributed by atoms with Gasteiger partial charge in [-0.2, -0.15) is 0 Å². The Kier molecular flexibility index (Phi) is 8.53. The zero-order valence-electron chi connectivity index (χ0n) is 18.7. The van der Waals surface area contributed by atoms with Crippen LogP contribution in [0.4, 0.5) is 5.82 Å². The highest BCUT2D eigenvalue weighted by Crippen LogP contribution is 2.47. The number of nitrogen functional groups attached to an aromatic ring is 1. The first-order valence-corrected chi connectivity index (χ1v) is 12.4. The fraction of sp³-hybridized carbons (Fsp3) is 0.444. The van der Waals surface area contributed by atoms with Gasteiger partial charge < -0.3 is 25.9 Å². The molecule has 2 amide bonds. The second kappa shape index (κ2) is 11.1. The topological polar surface area (TPSA) is 202 Å². The van der Waals surface area contributed by atoms with E-state index in [1.807, 2.05) is 0 Å². The molecule has 2 aliphatic heterocycles. The van der Waals surface area contributed by atoms with Gasteiger partial charge in [-0.15, -0.1) is 29.3 Å². The van der Waals surface area contributed by atoms with Crippen LogP contribution in [0, 0.1) is 5.41 Å². The third kappa shape index (κ3) is 5.02. The average molecular weight is 578 g/mol. The normalized spacial score (nSPS) is 24.1. The van der Waals surface area contributed by atoms with Gasteiger partial charge in [0.2, 0.25) is 11.1 Å². The zero-order chi connectivity index (χ0) is 25.3. The van der Waals surface area contributed by atoms with Crippen molar-refractivity contribution in [3.63, 3.8) is 0 Å². The van der Waals surface area contributed by atoms with Crippen molar-refractivity contribution in [2.75, 3.05) is 25.1 Å². The number of halogens is 2. The largest absolute Gasteiger partial charge is 0.481 e. The van der Waals surface area contributed by atoms with Crippen molar-refractivity contribution in [3.8, 4) is 0 Å². The fourth-order valence-electron chi connectivity index (χ4n) is 3.74. The molecule has 2 aromatic rings. The Labute approximate surface area is 223 Å². The number of rotatable bonds is 8. The SMILES string of the molecule is CON=C(C(=O)NC1C(=O)N2CC(C(=O)O)(C(C)Sc3nnn[nH]3)CS[C@H]12)c1nc(N)ccc1Cl.Cl. The number of aromatic nitrogens is 5. The third-order valence-corrected chi connectivity index (χ3v) is 8.76. The fourth-order valence-corrected chi connectivity index (χ4v) is 6.71. The Hall–Kier alpha value is -2.82. The van der Waals surface area contributed by atoms with Crippen molar-refractivity contribution in [3.05, 3.63) is 22.8 Å². The molecule has 0 aliphatic carbocycles. The molecular weight excluding hydrogens is 557 g/mol. The van der Waals surface area contributed by atoms with E-state index in [0.29, 0.717) is 5.16 Å². The molecule has 14 nitrogen and oxygen atoms in total. The predicted molar refractivity (Wildman–Crippen MR) is 134 cm³/mol. The summed E-state index contributed by atoms with van der Waals surface area (Å²) >= 11 is 8.60. The van der Waals surface area contributed by atoms with Crippen LogP contribution in [0.5, 0.6) is 0 Å². The van der Waals surface area contributed by atoms with Crippen LogP contribution in [0.1, 0.15) is 12.6 Å². The lowest BCUT2D eigenvalue weighted by Crippen LogP contribution is -2.74. The number of carbonyl (C=O) groups excluding carboxylic acids is 2. The smallest absolute Gasteiger partial charge is 0.313 e. The van der Waals surface area contributed by atoms with Crippen molar-refractivity contribution in [2.24, 2.45) is 10.6 Å². The number of aliphatic carboxylic acids is 1. The first-order chi connectivity index (χ1) is 16.7. The minimum absolute atomic E-state index is 0. The lowest BCUT2D eigenvalue weighted by molar-refractivity contribution is -0.158. The number of amides is 2. The summed E-state index contributed by atoms with van der Waals surface area (Å²) in [6.07, 6.45) is 0. The van der Waals surface area contributed by atoms with Crippen molar-refractivity contribution in [1.82, 2.24) is 35.8 Å². The van der Waals surface area contributed by atoms with E-state index >= 15 is 0 Å². The Bertz CT molecular complexity index is 1190. The number of carboxylic acids is 1. The number of nitrogens with one attached hydrogen (secondary N) is 2. The van der Waals surface area contributed by atoms with Crippen LogP contribution < -0.4 is 11.1 Å². The first-order valence-electron chi connectivity index (χ1n) is 10.1. The van der Waals surface area contributed by atoms with Crippen LogP contribution in [0.3, 0.4) is 0 Å². The van der Waals surface area contributed by atoms with E-state index in [1.165, 1.54) is 47.7 Å². The van der Waals surface area contributed by atoms with Gasteiger partial charge in [-0.3, -0.25) is 14.4 Å². The van der Waals surface area contributed by atoms with Crippen LogP contribution in [0.25, 0.3) is 0 Å². The Morgan fingerprint density at radius 3 is 2.89 bits per heavy atom. The number of oxime groups is 1. The van der Waals surface area contributed by atoms with E-state index in [9.17, 15) is 19.5 Å². The number of carboxylic acid groups (broad SMARTS) is 1. The highest BCUT2D eigenvalue weighted by molar-refractivity contribution is 8.01. The van der Waals surface area contributed by atoms with Crippen LogP contribution in [0.2, 0.25) is 5.02 Å². The summed E-state index contributed by atoms with van der Waals surface area (Å²) in [5, 5.41) is 29.4. The van der Waals surface area contributed by atoms with Crippen molar-refractivity contribution in [2.45, 2.75) is 28.7 Å². The number of fused-ring (bicyclic) bond motifs is 1. The molecule has 4 heterocycles. The molecule has 0 saturated carbocycles. The Morgan fingerprint density at radius 2 is 2.25 bits per heavy atom. The van der Waals surface area contributed by atoms with Crippen LogP contribution in [-0.4, -0.2) is 95.2 Å². The molecule has 0 aromatic carbocycles. The van der Waals surface area contributed by atoms with E-state index in [1.54, 1.807) is 6.92 Å². The number of thioether (sulfide) groups is 2. The molecule has 0 bridgehead atoms. The molecule has 4 rings (SSSR count). The van der Waals surface area contributed by atoms with E-state index < -0.39 is 39.9 Å². The van der Waals surface area contributed by atoms with Crippen LogP contribution in [0.15, 0.2) is 22.4 Å². The van der Waals surface area contributed by atoms with E-state index in [2.05, 4.69) is 36.1 Å². The number of aromatic amines is 1. The summed E-state index contributed by atoms with van der Waals surface area (Å²) in [4.78, 5) is 48.5. The molecule has 36 heavy (non-hydrogen) atoms. The quantitative estimate of drug-likeness (QED) is 0.144. The van der Waals surface area contributed by atoms with Gasteiger partial charge in [0.1, 0.15) is 35.5 Å². The molecule has 2 fully saturated rings. The second-order valence-corrected chi connectivity index (χ2v) is 10.6. The summed E-state index contributed by atoms with van der Waals surface area (Å²) < 4.78 is 0. The van der Waals surface area contributed by atoms with Crippen LogP contribution >= 0.6 is 47.5 Å². The van der Waals surface area contributed by atoms with Crippen molar-refractivity contribution >= 4 is 76.8 Å². The lowest BCUT2D eigenvalue weighted by Gasteiger charge is -2.54. The maximum atomic E-state index is 13.0. The minimum Gasteiger partial charge on any atom is -0.481 e. The summed E-state index contributed by atoms with van der Waals surface area (Å²) in [6.45, 7) is 1.73. The lowest BCUT2D eigenvalue weighted by atomic mass is 9.84. The number of H-pyrrole nitrogens is 1. The summed E-state index contributed by atoms with van der Waals surface area (Å²) in [5.74, 6) is -1.85. The number of carbonyl (C=O) groups is 3. The van der Waals surface area contributed by atoms with Crippen molar-refractivity contribution in [1.29, 1.82) is 0 Å². The van der Waals surface area contributed by atoms with Gasteiger partial charge in [-0.1, -0.05) is 35.4 Å². The van der Waals surface area contributed by atoms with Gasteiger partial charge in [0.05, 0.1) is 5.02 Å². The van der Waals surface area contributed by atoms with Gasteiger partial charge in [0.25, 0.3) is 5.91 Å². The standard InChI is InChI=1S/C18H20ClN9O5S2.ClH/c1-7(35-17-23-26-27-24-17)18(16(31)32)5-28-14(30)12(15(28)34-6-18)22-13(29)11(25-33-2)10-8(19)3-4-9(20)21-10;/h3-4,7,12,15H,5-6H2,1-2H3,(H2,20,21)(H,22,29)(H,31,32)(H,23,24,26,27);1H/t7?,12?,15-,18?;/m1./s1. The van der Waals surface area contributed by atoms with E-state index in [-0.39, 0.29) is 47.0 Å². The zero-order valence-corrected chi connectivity index (χ0v) is 21.9. The number of β-lactam (4-membered cyclic amide) rings is 1. The molecule has 0 radical (unpaired) electrons. The number of pyridine rings is 1. The molecule has 5 N–H and O–H groups in total. The maximum absolute atomic E-state index is 13.0. The van der Waals surface area contributed by atoms with Gasteiger partial charge in [0, 0.05) is 17.5 Å². The summed E-state index contributed by atoms with van der Waals surface area (Å²) in [7, 11) is 1.25. The Balaban J connectivity index is 0.00000361. The molecule has 2 aliphatic rings. The molecule has 18 heteroatoms. The third-order valence-electron chi connectivity index (χ3n) is 5.70. The van der Waals surface area contributed by atoms with E-state index in [4.69, 9.17) is 22.2 Å². The predicted octanol–water partition coefficient (Wildman–Crippen LogP) is 0.254. The Morgan fingerprint density at radius 1 is 1.50 bits per heavy atom. The molecule has 3 unspecified atom stereocenters. The molecule has 2 aromatic heterocycles. The summed E-state index contributed by atoms with van der Waals surface area (Å²) in [6, 6.07) is 2.04. The van der Waals surface area contributed by atoms with E-state index in [0.717, 1.165) is 0 Å². The van der Waals surface area contributed by atoms with Gasteiger partial charge in [-0.05, 0) is 22.6 Å². The van der Waals surface area contributed by atoms with Gasteiger partial charge in [-0.25, -0.2) is 10.1 Å². The molecule has 4 atom stereocenters. The highest BCUT2D eigenvalue weighted by Gasteiger charge is 2.59. The van der Waals surface area contributed by atoms with Crippen LogP contribution in [-0.2, 0) is 19.2 Å². The molecule has 194 valence electrons. The number of anilines is 1. The van der Waals surface area contributed by atoms with Gasteiger partial charge >= 0.3 is 5.97 Å². The second-order valence-electron chi connectivity index (χ2n) is 7.74. The first kappa shape index (κ1) is 27.8. The number of tetrazole rings is 1. The monoisotopic (exact) mass is 577 g/mol. The van der Waals surface area contributed by atoms with Crippen molar-refractivity contribution < 1.29 is 24.3 Å². The highest BCUT2D eigenvalue weighted by atomic mass is 35.5. The average Bonchev–Trinajstić information content (AvgIpc) is 3.34.